The summed E-state index contributed by atoms with van der Waals surface area (Å²) in [7, 11) is 3.35. The zero-order chi connectivity index (χ0) is 24.6. The van der Waals surface area contributed by atoms with Crippen molar-refractivity contribution in [1.29, 1.82) is 0 Å². The van der Waals surface area contributed by atoms with E-state index in [1.807, 2.05) is 6.92 Å². The first-order valence-corrected chi connectivity index (χ1v) is 11.0. The molecule has 1 aliphatic heterocycles. The van der Waals surface area contributed by atoms with Crippen LogP contribution < -0.4 is 20.3 Å². The number of methoxy groups -OCH3 is 1. The van der Waals surface area contributed by atoms with E-state index in [2.05, 4.69) is 25.6 Å². The number of ether oxygens (including phenoxy) is 2. The van der Waals surface area contributed by atoms with Gasteiger partial charge in [-0.05, 0) is 38.8 Å². The minimum atomic E-state index is -4.48. The number of aryl methyl sites for hydroxylation is 1. The number of pyridine rings is 1. The second-order valence-electron chi connectivity index (χ2n) is 8.59. The quantitative estimate of drug-likeness (QED) is 0.649. The third kappa shape index (κ3) is 4.86. The molecule has 0 aromatic carbocycles. The molecule has 2 aromatic heterocycles. The maximum atomic E-state index is 12.7. The number of rotatable bonds is 6. The fourth-order valence-corrected chi connectivity index (χ4v) is 4.36. The maximum absolute atomic E-state index is 12.7. The Bertz CT molecular complexity index is 1050. The molecule has 0 saturated heterocycles. The van der Waals surface area contributed by atoms with Crippen molar-refractivity contribution in [3.63, 3.8) is 0 Å². The van der Waals surface area contributed by atoms with Gasteiger partial charge in [0.2, 0.25) is 11.9 Å². The third-order valence-corrected chi connectivity index (χ3v) is 6.20. The molecular formula is C22H27F3N6O3. The predicted octanol–water partition coefficient (Wildman–Crippen LogP) is 3.40. The normalized spacial score (nSPS) is 23.3. The molecule has 2 N–H and O–H groups in total. The number of hydrogen-bond donors (Lipinski definition) is 2. The predicted molar refractivity (Wildman–Crippen MR) is 119 cm³/mol. The molecule has 12 heteroatoms. The fourth-order valence-electron chi connectivity index (χ4n) is 4.36. The molecule has 9 nitrogen and oxygen atoms in total. The van der Waals surface area contributed by atoms with Gasteiger partial charge in [-0.1, -0.05) is 0 Å². The van der Waals surface area contributed by atoms with E-state index in [9.17, 15) is 18.0 Å². The summed E-state index contributed by atoms with van der Waals surface area (Å²) in [5, 5.41) is 6.21. The van der Waals surface area contributed by atoms with E-state index in [1.54, 1.807) is 26.0 Å². The molecule has 0 radical (unpaired) electrons. The Morgan fingerprint density at radius 3 is 2.68 bits per heavy atom. The standard InChI is InChI=1S/C22H27F3N6O3/c1-11-17-19(31(3)18(12(2)33-4)20(32)29-17)30-21(27-11)28-13-5-6-14(9-13)34-15-7-8-16(26-10-15)22(23,24)25/h7-8,10,12-14,18H,5-6,9H2,1-4H3,(H,29,32)(H,27,28,30)/t12-,13-,14-,18?/m1/s1. The highest BCUT2D eigenvalue weighted by Crippen LogP contribution is 2.35. The number of nitrogens with one attached hydrogen (secondary N) is 2. The molecule has 2 aromatic rings. The second kappa shape index (κ2) is 9.24. The number of halogens is 3. The number of alkyl halides is 3. The summed E-state index contributed by atoms with van der Waals surface area (Å²) >= 11 is 0. The van der Waals surface area contributed by atoms with Gasteiger partial charge in [0.25, 0.3) is 0 Å². The van der Waals surface area contributed by atoms with E-state index in [0.29, 0.717) is 35.3 Å². The third-order valence-electron chi connectivity index (χ3n) is 6.20. The molecule has 184 valence electrons. The Kier molecular flexibility index (Phi) is 6.52. The van der Waals surface area contributed by atoms with Crippen molar-refractivity contribution in [3.8, 4) is 5.75 Å². The van der Waals surface area contributed by atoms with Crippen LogP contribution in [0.2, 0.25) is 0 Å². The van der Waals surface area contributed by atoms with Gasteiger partial charge in [0.05, 0.1) is 18.0 Å². The Hall–Kier alpha value is -3.15. The molecule has 2 aliphatic rings. The van der Waals surface area contributed by atoms with Gasteiger partial charge in [0.15, 0.2) is 5.82 Å². The summed E-state index contributed by atoms with van der Waals surface area (Å²) < 4.78 is 49.2. The lowest BCUT2D eigenvalue weighted by atomic mass is 10.1. The van der Waals surface area contributed by atoms with Crippen LogP contribution >= 0.6 is 0 Å². The maximum Gasteiger partial charge on any atom is 0.433 e. The van der Waals surface area contributed by atoms with Gasteiger partial charge in [-0.25, -0.2) is 9.97 Å². The highest BCUT2D eigenvalue weighted by molar-refractivity contribution is 6.03. The van der Waals surface area contributed by atoms with Crippen LogP contribution in [0.3, 0.4) is 0 Å². The molecule has 1 saturated carbocycles. The van der Waals surface area contributed by atoms with Gasteiger partial charge in [0, 0.05) is 26.6 Å². The number of carbonyl (C=O) groups excluding carboxylic acids is 1. The summed E-state index contributed by atoms with van der Waals surface area (Å²) in [6, 6.07) is 1.70. The molecule has 4 rings (SSSR count). The number of hydrogen-bond acceptors (Lipinski definition) is 8. The SMILES string of the molecule is CO[C@H](C)C1C(=O)Nc2c(C)nc(N[C@@H]3CC[C@@H](Oc4ccc(C(F)(F)F)nc4)C3)nc2N1C. The molecule has 1 amide bonds. The number of fused-ring (bicyclic) bond motifs is 1. The van der Waals surface area contributed by atoms with E-state index in [-0.39, 0.29) is 24.2 Å². The zero-order valence-electron chi connectivity index (χ0n) is 19.3. The molecule has 3 heterocycles. The molecule has 0 bridgehead atoms. The van der Waals surface area contributed by atoms with E-state index in [1.165, 1.54) is 6.07 Å². The highest BCUT2D eigenvalue weighted by Gasteiger charge is 2.37. The number of amides is 1. The second-order valence-corrected chi connectivity index (χ2v) is 8.59. The molecule has 1 aliphatic carbocycles. The average Bonchev–Trinajstić information content (AvgIpc) is 3.21. The van der Waals surface area contributed by atoms with Crippen LogP contribution in [-0.4, -0.2) is 59.3 Å². The summed E-state index contributed by atoms with van der Waals surface area (Å²) in [5.74, 6) is 1.16. The van der Waals surface area contributed by atoms with Crippen LogP contribution in [0.25, 0.3) is 0 Å². The Morgan fingerprint density at radius 1 is 1.26 bits per heavy atom. The van der Waals surface area contributed by atoms with Crippen molar-refractivity contribution < 1.29 is 27.4 Å². The number of carbonyl (C=O) groups is 1. The monoisotopic (exact) mass is 480 g/mol. The number of aromatic nitrogens is 3. The van der Waals surface area contributed by atoms with Crippen LogP contribution in [0, 0.1) is 6.92 Å². The number of likely N-dealkylation sites (N-methyl/N-ethyl adjacent to an activating group) is 1. The average molecular weight is 480 g/mol. The first-order valence-electron chi connectivity index (χ1n) is 11.0. The van der Waals surface area contributed by atoms with E-state index < -0.39 is 17.9 Å². The topological polar surface area (TPSA) is 102 Å². The minimum Gasteiger partial charge on any atom is -0.489 e. The number of nitrogens with zero attached hydrogens (tertiary/aromatic N) is 4. The Balaban J connectivity index is 1.42. The zero-order valence-corrected chi connectivity index (χ0v) is 19.3. The molecule has 4 atom stereocenters. The van der Waals surface area contributed by atoms with Gasteiger partial charge in [0.1, 0.15) is 29.3 Å². The lowest BCUT2D eigenvalue weighted by Crippen LogP contribution is -2.53. The van der Waals surface area contributed by atoms with Gasteiger partial charge in [-0.3, -0.25) is 4.79 Å². The fraction of sp³-hybridized carbons (Fsp3) is 0.545. The summed E-state index contributed by atoms with van der Waals surface area (Å²) in [4.78, 5) is 26.9. The van der Waals surface area contributed by atoms with Crippen LogP contribution in [0.15, 0.2) is 18.3 Å². The molecule has 34 heavy (non-hydrogen) atoms. The highest BCUT2D eigenvalue weighted by atomic mass is 19.4. The van der Waals surface area contributed by atoms with Crippen molar-refractivity contribution in [2.45, 2.75) is 63.6 Å². The van der Waals surface area contributed by atoms with Crippen LogP contribution in [-0.2, 0) is 15.7 Å². The van der Waals surface area contributed by atoms with Gasteiger partial charge in [-0.2, -0.15) is 18.2 Å². The van der Waals surface area contributed by atoms with Crippen LogP contribution in [0.5, 0.6) is 5.75 Å². The van der Waals surface area contributed by atoms with E-state index in [0.717, 1.165) is 25.1 Å². The minimum absolute atomic E-state index is 0.0297. The molecule has 1 fully saturated rings. The van der Waals surface area contributed by atoms with Crippen molar-refractivity contribution in [3.05, 3.63) is 29.7 Å². The lowest BCUT2D eigenvalue weighted by Gasteiger charge is -2.37. The first-order chi connectivity index (χ1) is 16.1. The van der Waals surface area contributed by atoms with Crippen LogP contribution in [0.4, 0.5) is 30.6 Å². The first kappa shape index (κ1) is 24.0. The van der Waals surface area contributed by atoms with Gasteiger partial charge >= 0.3 is 6.18 Å². The molecular weight excluding hydrogens is 453 g/mol. The van der Waals surface area contributed by atoms with Gasteiger partial charge < -0.3 is 25.0 Å². The summed E-state index contributed by atoms with van der Waals surface area (Å²) in [6.45, 7) is 3.63. The van der Waals surface area contributed by atoms with E-state index in [4.69, 9.17) is 9.47 Å². The Labute approximate surface area is 195 Å². The van der Waals surface area contributed by atoms with Crippen LogP contribution in [0.1, 0.15) is 37.6 Å². The largest absolute Gasteiger partial charge is 0.489 e. The summed E-state index contributed by atoms with van der Waals surface area (Å²) in [5.41, 5.74) is 0.256. The van der Waals surface area contributed by atoms with Crippen molar-refractivity contribution in [2.75, 3.05) is 29.7 Å². The van der Waals surface area contributed by atoms with E-state index >= 15 is 0 Å². The summed E-state index contributed by atoms with van der Waals surface area (Å²) in [6.07, 6.45) is -1.73. The van der Waals surface area contributed by atoms with Crippen molar-refractivity contribution in [2.24, 2.45) is 0 Å². The lowest BCUT2D eigenvalue weighted by molar-refractivity contribution is -0.141. The molecule has 1 unspecified atom stereocenters. The van der Waals surface area contributed by atoms with Gasteiger partial charge in [-0.15, -0.1) is 0 Å². The van der Waals surface area contributed by atoms with Crippen molar-refractivity contribution in [1.82, 2.24) is 15.0 Å². The van der Waals surface area contributed by atoms with Crippen molar-refractivity contribution >= 4 is 23.4 Å². The Morgan fingerprint density at radius 2 is 2.03 bits per heavy atom. The smallest absolute Gasteiger partial charge is 0.433 e. The molecule has 0 spiro atoms. The number of anilines is 3.